The first-order chi connectivity index (χ1) is 12.3. The average molecular weight is 356 g/mol. The third-order valence-electron chi connectivity index (χ3n) is 5.28. The van der Waals surface area contributed by atoms with E-state index in [1.165, 1.54) is 0 Å². The van der Waals surface area contributed by atoms with E-state index in [4.69, 9.17) is 0 Å². The van der Waals surface area contributed by atoms with Gasteiger partial charge in [0.2, 0.25) is 5.91 Å². The van der Waals surface area contributed by atoms with Gasteiger partial charge in [-0.05, 0) is 47.6 Å². The van der Waals surface area contributed by atoms with Crippen LogP contribution in [0.1, 0.15) is 42.2 Å². The molecular formula is C19H28N6O. The van der Waals surface area contributed by atoms with Gasteiger partial charge in [-0.2, -0.15) is 5.10 Å². The molecule has 2 atom stereocenters. The zero-order chi connectivity index (χ0) is 19.0. The predicted octanol–water partition coefficient (Wildman–Crippen LogP) is 1.65. The lowest BCUT2D eigenvalue weighted by Gasteiger charge is -2.38. The van der Waals surface area contributed by atoms with E-state index >= 15 is 0 Å². The van der Waals surface area contributed by atoms with E-state index in [9.17, 15) is 4.79 Å². The quantitative estimate of drug-likeness (QED) is 0.905. The Labute approximate surface area is 154 Å². The first-order valence-corrected chi connectivity index (χ1v) is 9.18. The molecule has 1 fully saturated rings. The molecule has 7 nitrogen and oxygen atoms in total. The first-order valence-electron chi connectivity index (χ1n) is 9.18. The van der Waals surface area contributed by atoms with E-state index in [1.807, 2.05) is 38.7 Å². The molecule has 2 aromatic rings. The molecule has 0 aliphatic carbocycles. The highest BCUT2D eigenvalue weighted by Crippen LogP contribution is 2.19. The van der Waals surface area contributed by atoms with Gasteiger partial charge >= 0.3 is 0 Å². The number of nitrogens with zero attached hydrogens (tertiary/aromatic N) is 5. The fourth-order valence-corrected chi connectivity index (χ4v) is 3.59. The van der Waals surface area contributed by atoms with Gasteiger partial charge in [0, 0.05) is 47.8 Å². The van der Waals surface area contributed by atoms with Gasteiger partial charge < -0.3 is 10.2 Å². The SMILES string of the molecule is Cc1cc(C)nc(-n2nc(C)c(CC(=O)N3CCNC(C)C3C)c2C)n1. The molecule has 2 unspecified atom stereocenters. The Bertz CT molecular complexity index is 807. The number of piperazine rings is 1. The molecule has 1 aliphatic heterocycles. The number of aryl methyl sites for hydroxylation is 3. The number of aromatic nitrogens is 4. The highest BCUT2D eigenvalue weighted by atomic mass is 16.2. The predicted molar refractivity (Wildman–Crippen MR) is 100 cm³/mol. The molecule has 0 aromatic carbocycles. The Morgan fingerprint density at radius 3 is 2.50 bits per heavy atom. The molecule has 1 saturated heterocycles. The van der Waals surface area contributed by atoms with Crippen LogP contribution in [0, 0.1) is 27.7 Å². The number of hydrogen-bond acceptors (Lipinski definition) is 5. The minimum atomic E-state index is 0.151. The average Bonchev–Trinajstić information content (AvgIpc) is 2.84. The van der Waals surface area contributed by atoms with Crippen LogP contribution in [0.25, 0.3) is 5.95 Å². The Morgan fingerprint density at radius 1 is 1.19 bits per heavy atom. The van der Waals surface area contributed by atoms with E-state index in [0.717, 1.165) is 41.4 Å². The van der Waals surface area contributed by atoms with Crippen molar-refractivity contribution >= 4 is 5.91 Å². The minimum absolute atomic E-state index is 0.151. The van der Waals surface area contributed by atoms with Crippen molar-refractivity contribution in [1.82, 2.24) is 30.0 Å². The number of nitrogens with one attached hydrogen (secondary N) is 1. The Kier molecular flexibility index (Phi) is 5.09. The van der Waals surface area contributed by atoms with Gasteiger partial charge in [0.05, 0.1) is 12.1 Å². The monoisotopic (exact) mass is 356 g/mol. The standard InChI is InChI=1S/C19H28N6O/c1-11-9-12(2)22-19(21-11)25-16(6)17(14(4)23-25)10-18(26)24-8-7-20-13(3)15(24)5/h9,13,15,20H,7-8,10H2,1-6H3. The van der Waals surface area contributed by atoms with Crippen LogP contribution in [0.2, 0.25) is 0 Å². The summed E-state index contributed by atoms with van der Waals surface area (Å²) in [5, 5.41) is 8.02. The van der Waals surface area contributed by atoms with Gasteiger partial charge in [0.1, 0.15) is 0 Å². The summed E-state index contributed by atoms with van der Waals surface area (Å²) in [6, 6.07) is 2.43. The number of hydrogen-bond donors (Lipinski definition) is 1. The van der Waals surface area contributed by atoms with E-state index in [0.29, 0.717) is 18.4 Å². The molecule has 1 N–H and O–H groups in total. The van der Waals surface area contributed by atoms with E-state index in [2.05, 4.69) is 34.2 Å². The summed E-state index contributed by atoms with van der Waals surface area (Å²) in [4.78, 5) is 23.9. The lowest BCUT2D eigenvalue weighted by molar-refractivity contribution is -0.134. The Hall–Kier alpha value is -2.28. The van der Waals surface area contributed by atoms with Crippen LogP contribution in [-0.4, -0.2) is 55.7 Å². The molecule has 0 bridgehead atoms. The molecule has 1 amide bonds. The molecular weight excluding hydrogens is 328 g/mol. The summed E-state index contributed by atoms with van der Waals surface area (Å²) in [5.74, 6) is 0.712. The van der Waals surface area contributed by atoms with E-state index in [1.54, 1.807) is 4.68 Å². The lowest BCUT2D eigenvalue weighted by atomic mass is 10.0. The van der Waals surface area contributed by atoms with Crippen LogP contribution in [0.4, 0.5) is 0 Å². The van der Waals surface area contributed by atoms with Crippen LogP contribution >= 0.6 is 0 Å². The molecule has 7 heteroatoms. The summed E-state index contributed by atoms with van der Waals surface area (Å²) in [6.45, 7) is 13.6. The number of carbonyl (C=O) groups is 1. The van der Waals surface area contributed by atoms with Gasteiger partial charge in [-0.25, -0.2) is 14.6 Å². The molecule has 1 aliphatic rings. The zero-order valence-electron chi connectivity index (χ0n) is 16.5. The summed E-state index contributed by atoms with van der Waals surface area (Å²) < 4.78 is 1.75. The van der Waals surface area contributed by atoms with Crippen molar-refractivity contribution < 1.29 is 4.79 Å². The first kappa shape index (κ1) is 18.5. The smallest absolute Gasteiger partial charge is 0.251 e. The maximum atomic E-state index is 12.9. The van der Waals surface area contributed by atoms with Gasteiger partial charge in [0.15, 0.2) is 0 Å². The van der Waals surface area contributed by atoms with Gasteiger partial charge in [0.25, 0.3) is 5.95 Å². The van der Waals surface area contributed by atoms with Crippen molar-refractivity contribution in [2.45, 2.75) is 60.0 Å². The Morgan fingerprint density at radius 2 is 1.85 bits per heavy atom. The maximum Gasteiger partial charge on any atom is 0.251 e. The van der Waals surface area contributed by atoms with Crippen LogP contribution in [0.15, 0.2) is 6.07 Å². The van der Waals surface area contributed by atoms with E-state index in [-0.39, 0.29) is 11.9 Å². The summed E-state index contributed by atoms with van der Waals surface area (Å²) in [5.41, 5.74) is 4.56. The van der Waals surface area contributed by atoms with Gasteiger partial charge in [-0.15, -0.1) is 0 Å². The van der Waals surface area contributed by atoms with E-state index < -0.39 is 0 Å². The van der Waals surface area contributed by atoms with Crippen molar-refractivity contribution in [3.8, 4) is 5.95 Å². The molecule has 26 heavy (non-hydrogen) atoms. The van der Waals surface area contributed by atoms with Crippen molar-refractivity contribution in [3.05, 3.63) is 34.4 Å². The van der Waals surface area contributed by atoms with Crippen molar-refractivity contribution in [2.24, 2.45) is 0 Å². The summed E-state index contributed by atoms with van der Waals surface area (Å²) >= 11 is 0. The third kappa shape index (κ3) is 3.49. The third-order valence-corrected chi connectivity index (χ3v) is 5.28. The van der Waals surface area contributed by atoms with Crippen molar-refractivity contribution in [3.63, 3.8) is 0 Å². The normalized spacial score (nSPS) is 20.5. The molecule has 0 spiro atoms. The topological polar surface area (TPSA) is 75.9 Å². The molecule has 3 rings (SSSR count). The second-order valence-electron chi connectivity index (χ2n) is 7.26. The van der Waals surface area contributed by atoms with Crippen molar-refractivity contribution in [1.29, 1.82) is 0 Å². The van der Waals surface area contributed by atoms with Crippen LogP contribution in [-0.2, 0) is 11.2 Å². The molecule has 3 heterocycles. The summed E-state index contributed by atoms with van der Waals surface area (Å²) in [7, 11) is 0. The Balaban J connectivity index is 1.87. The van der Waals surface area contributed by atoms with Crippen molar-refractivity contribution in [2.75, 3.05) is 13.1 Å². The second-order valence-corrected chi connectivity index (χ2v) is 7.26. The van der Waals surface area contributed by atoms with Crippen LogP contribution < -0.4 is 5.32 Å². The maximum absolute atomic E-state index is 12.9. The highest BCUT2D eigenvalue weighted by molar-refractivity contribution is 5.80. The summed E-state index contributed by atoms with van der Waals surface area (Å²) in [6.07, 6.45) is 0.361. The number of carbonyl (C=O) groups excluding carboxylic acids is 1. The number of amides is 1. The van der Waals surface area contributed by atoms with Gasteiger partial charge in [-0.1, -0.05) is 0 Å². The molecule has 2 aromatic heterocycles. The second kappa shape index (κ2) is 7.15. The zero-order valence-corrected chi connectivity index (χ0v) is 16.5. The van der Waals surface area contributed by atoms with Crippen LogP contribution in [0.5, 0.6) is 0 Å². The molecule has 140 valence electrons. The fourth-order valence-electron chi connectivity index (χ4n) is 3.59. The van der Waals surface area contributed by atoms with Gasteiger partial charge in [-0.3, -0.25) is 4.79 Å². The van der Waals surface area contributed by atoms with Crippen LogP contribution in [0.3, 0.4) is 0 Å². The minimum Gasteiger partial charge on any atom is -0.337 e. The molecule has 0 radical (unpaired) electrons. The number of rotatable bonds is 3. The highest BCUT2D eigenvalue weighted by Gasteiger charge is 2.29. The molecule has 0 saturated carbocycles. The lowest BCUT2D eigenvalue weighted by Crippen LogP contribution is -2.57. The largest absolute Gasteiger partial charge is 0.337 e. The fraction of sp³-hybridized carbons (Fsp3) is 0.579.